The van der Waals surface area contributed by atoms with E-state index in [1.165, 1.54) is 25.2 Å². The van der Waals surface area contributed by atoms with Crippen LogP contribution in [-0.4, -0.2) is 33.5 Å². The second kappa shape index (κ2) is 4.86. The molecule has 0 aliphatic rings. The SMILES string of the molecule is COC(=O)CC(C)Sc1ncn[nH]1. The summed E-state index contributed by atoms with van der Waals surface area (Å²) in [6.45, 7) is 1.93. The molecule has 0 bridgehead atoms. The molecule has 1 unspecified atom stereocenters. The number of ether oxygens (including phenoxy) is 1. The van der Waals surface area contributed by atoms with Gasteiger partial charge in [-0.2, -0.15) is 5.10 Å². The Bertz CT molecular complexity index is 263. The monoisotopic (exact) mass is 201 g/mol. The van der Waals surface area contributed by atoms with Gasteiger partial charge in [0.25, 0.3) is 0 Å². The fourth-order valence-electron chi connectivity index (χ4n) is 0.801. The predicted octanol–water partition coefficient (Wildman–Crippen LogP) is 0.848. The van der Waals surface area contributed by atoms with E-state index in [0.29, 0.717) is 6.42 Å². The lowest BCUT2D eigenvalue weighted by Gasteiger charge is -2.06. The zero-order valence-electron chi connectivity index (χ0n) is 7.48. The van der Waals surface area contributed by atoms with Crippen molar-refractivity contribution in [3.63, 3.8) is 0 Å². The lowest BCUT2D eigenvalue weighted by molar-refractivity contribution is -0.140. The fourth-order valence-corrected chi connectivity index (χ4v) is 1.62. The highest BCUT2D eigenvalue weighted by molar-refractivity contribution is 7.99. The topological polar surface area (TPSA) is 67.9 Å². The van der Waals surface area contributed by atoms with Crippen LogP contribution in [0.25, 0.3) is 0 Å². The van der Waals surface area contributed by atoms with Gasteiger partial charge in [-0.15, -0.1) is 0 Å². The van der Waals surface area contributed by atoms with Gasteiger partial charge < -0.3 is 4.74 Å². The average Bonchev–Trinajstić information content (AvgIpc) is 2.56. The summed E-state index contributed by atoms with van der Waals surface area (Å²) in [7, 11) is 1.38. The van der Waals surface area contributed by atoms with Crippen molar-refractivity contribution in [1.82, 2.24) is 15.2 Å². The average molecular weight is 201 g/mol. The van der Waals surface area contributed by atoms with E-state index < -0.39 is 0 Å². The number of carbonyl (C=O) groups is 1. The number of methoxy groups -OCH3 is 1. The third-order valence-electron chi connectivity index (χ3n) is 1.39. The van der Waals surface area contributed by atoms with Gasteiger partial charge >= 0.3 is 5.97 Å². The van der Waals surface area contributed by atoms with Crippen LogP contribution in [0.1, 0.15) is 13.3 Å². The van der Waals surface area contributed by atoms with Gasteiger partial charge in [-0.3, -0.25) is 9.89 Å². The molecule has 0 aliphatic carbocycles. The summed E-state index contributed by atoms with van der Waals surface area (Å²) in [5, 5.41) is 7.27. The van der Waals surface area contributed by atoms with Crippen LogP contribution in [0.5, 0.6) is 0 Å². The first-order valence-corrected chi connectivity index (χ1v) is 4.69. The quantitative estimate of drug-likeness (QED) is 0.577. The van der Waals surface area contributed by atoms with Gasteiger partial charge in [-0.25, -0.2) is 4.98 Å². The van der Waals surface area contributed by atoms with E-state index in [1.54, 1.807) is 0 Å². The smallest absolute Gasteiger partial charge is 0.306 e. The Morgan fingerprint density at radius 3 is 3.15 bits per heavy atom. The van der Waals surface area contributed by atoms with Crippen LogP contribution >= 0.6 is 11.8 Å². The summed E-state index contributed by atoms with van der Waals surface area (Å²) in [5.41, 5.74) is 0. The molecule has 1 rings (SSSR count). The number of rotatable bonds is 4. The zero-order valence-corrected chi connectivity index (χ0v) is 8.30. The maximum atomic E-state index is 10.9. The van der Waals surface area contributed by atoms with Gasteiger partial charge in [0.2, 0.25) is 0 Å². The number of carbonyl (C=O) groups excluding carboxylic acids is 1. The van der Waals surface area contributed by atoms with E-state index in [1.807, 2.05) is 6.92 Å². The van der Waals surface area contributed by atoms with E-state index in [4.69, 9.17) is 0 Å². The van der Waals surface area contributed by atoms with Crippen LogP contribution in [0.3, 0.4) is 0 Å². The van der Waals surface area contributed by atoms with Crippen LogP contribution in [0.4, 0.5) is 0 Å². The first kappa shape index (κ1) is 10.0. The summed E-state index contributed by atoms with van der Waals surface area (Å²) >= 11 is 1.46. The van der Waals surface area contributed by atoms with Crippen molar-refractivity contribution in [3.05, 3.63) is 6.33 Å². The molecule has 0 fully saturated rings. The lowest BCUT2D eigenvalue weighted by atomic mass is 10.3. The van der Waals surface area contributed by atoms with E-state index in [2.05, 4.69) is 19.9 Å². The summed E-state index contributed by atoms with van der Waals surface area (Å²) in [6, 6.07) is 0. The summed E-state index contributed by atoms with van der Waals surface area (Å²) in [5.74, 6) is -0.209. The van der Waals surface area contributed by atoms with Crippen molar-refractivity contribution in [2.24, 2.45) is 0 Å². The van der Waals surface area contributed by atoms with Crippen molar-refractivity contribution in [2.75, 3.05) is 7.11 Å². The minimum atomic E-state index is -0.209. The molecule has 1 atom stereocenters. The molecule has 6 heteroatoms. The van der Waals surface area contributed by atoms with Crippen molar-refractivity contribution >= 4 is 17.7 Å². The lowest BCUT2D eigenvalue weighted by Crippen LogP contribution is -2.08. The Labute approximate surface area is 80.3 Å². The highest BCUT2D eigenvalue weighted by Gasteiger charge is 2.11. The second-order valence-electron chi connectivity index (χ2n) is 2.50. The van der Waals surface area contributed by atoms with Gasteiger partial charge in [0.05, 0.1) is 13.5 Å². The maximum Gasteiger partial charge on any atom is 0.306 e. The molecule has 72 valence electrons. The molecule has 5 nitrogen and oxygen atoms in total. The first-order chi connectivity index (χ1) is 6.22. The van der Waals surface area contributed by atoms with Crippen molar-refractivity contribution < 1.29 is 9.53 Å². The van der Waals surface area contributed by atoms with E-state index >= 15 is 0 Å². The van der Waals surface area contributed by atoms with Crippen molar-refractivity contribution in [2.45, 2.75) is 23.8 Å². The minimum Gasteiger partial charge on any atom is -0.469 e. The molecule has 1 aromatic rings. The summed E-state index contributed by atoms with van der Waals surface area (Å²) in [6.07, 6.45) is 1.81. The van der Waals surface area contributed by atoms with Crippen molar-refractivity contribution in [1.29, 1.82) is 0 Å². The number of hydrogen-bond donors (Lipinski definition) is 1. The minimum absolute atomic E-state index is 0.139. The number of H-pyrrole nitrogens is 1. The van der Waals surface area contributed by atoms with Crippen LogP contribution in [0, 0.1) is 0 Å². The van der Waals surface area contributed by atoms with Crippen LogP contribution in [0.2, 0.25) is 0 Å². The highest BCUT2D eigenvalue weighted by Crippen LogP contribution is 2.20. The Kier molecular flexibility index (Phi) is 3.75. The molecule has 0 saturated carbocycles. The van der Waals surface area contributed by atoms with Gasteiger partial charge in [0.15, 0.2) is 5.16 Å². The van der Waals surface area contributed by atoms with Crippen LogP contribution < -0.4 is 0 Å². The molecule has 13 heavy (non-hydrogen) atoms. The Hall–Kier alpha value is -1.04. The third kappa shape index (κ3) is 3.45. The zero-order chi connectivity index (χ0) is 9.68. The van der Waals surface area contributed by atoms with Crippen molar-refractivity contribution in [3.8, 4) is 0 Å². The predicted molar refractivity (Wildman–Crippen MR) is 48.3 cm³/mol. The standard InChI is InChI=1S/C7H11N3O2S/c1-5(3-6(11)12-2)13-7-8-4-9-10-7/h4-5H,3H2,1-2H3,(H,8,9,10). The van der Waals surface area contributed by atoms with Crippen LogP contribution in [-0.2, 0) is 9.53 Å². The molecular formula is C7H11N3O2S. The number of hydrogen-bond acceptors (Lipinski definition) is 5. The fraction of sp³-hybridized carbons (Fsp3) is 0.571. The number of thioether (sulfide) groups is 1. The van der Waals surface area contributed by atoms with Gasteiger partial charge in [0, 0.05) is 5.25 Å². The molecular weight excluding hydrogens is 190 g/mol. The molecule has 0 spiro atoms. The molecule has 0 aromatic carbocycles. The largest absolute Gasteiger partial charge is 0.469 e. The number of nitrogens with zero attached hydrogens (tertiary/aromatic N) is 2. The Balaban J connectivity index is 2.33. The van der Waals surface area contributed by atoms with E-state index in [-0.39, 0.29) is 11.2 Å². The van der Waals surface area contributed by atoms with E-state index in [0.717, 1.165) is 5.16 Å². The second-order valence-corrected chi connectivity index (χ2v) is 3.93. The Morgan fingerprint density at radius 2 is 2.62 bits per heavy atom. The summed E-state index contributed by atoms with van der Waals surface area (Å²) < 4.78 is 4.54. The number of nitrogens with one attached hydrogen (secondary N) is 1. The van der Waals surface area contributed by atoms with Gasteiger partial charge in [0.1, 0.15) is 6.33 Å². The van der Waals surface area contributed by atoms with Crippen LogP contribution in [0.15, 0.2) is 11.5 Å². The molecule has 0 saturated heterocycles. The molecule has 0 radical (unpaired) electrons. The maximum absolute atomic E-state index is 10.9. The molecule has 1 heterocycles. The summed E-state index contributed by atoms with van der Waals surface area (Å²) in [4.78, 5) is 14.8. The molecule has 0 aliphatic heterocycles. The highest BCUT2D eigenvalue weighted by atomic mass is 32.2. The third-order valence-corrected chi connectivity index (χ3v) is 2.38. The number of esters is 1. The molecule has 0 amide bonds. The first-order valence-electron chi connectivity index (χ1n) is 3.81. The number of aromatic amines is 1. The number of aromatic nitrogens is 3. The van der Waals surface area contributed by atoms with Gasteiger partial charge in [-0.1, -0.05) is 18.7 Å². The van der Waals surface area contributed by atoms with Gasteiger partial charge in [-0.05, 0) is 0 Å². The molecule has 1 N–H and O–H groups in total. The molecule has 1 aromatic heterocycles. The van der Waals surface area contributed by atoms with E-state index in [9.17, 15) is 4.79 Å². The normalized spacial score (nSPS) is 12.5. The Morgan fingerprint density at radius 1 is 1.85 bits per heavy atom.